The Morgan fingerprint density at radius 1 is 0.947 bits per heavy atom. The van der Waals surface area contributed by atoms with Crippen molar-refractivity contribution in [2.24, 2.45) is 0 Å². The van der Waals surface area contributed by atoms with Gasteiger partial charge >= 0.3 is 0 Å². The maximum atomic E-state index is 13.2. The summed E-state index contributed by atoms with van der Waals surface area (Å²) >= 11 is 0. The van der Waals surface area contributed by atoms with E-state index < -0.39 is 5.82 Å². The van der Waals surface area contributed by atoms with Crippen molar-refractivity contribution < 1.29 is 4.39 Å². The summed E-state index contributed by atoms with van der Waals surface area (Å²) in [6.45, 7) is 1.84. The van der Waals surface area contributed by atoms with Crippen LogP contribution in [-0.2, 0) is 0 Å². The van der Waals surface area contributed by atoms with Gasteiger partial charge in [-0.1, -0.05) is 0 Å². The van der Waals surface area contributed by atoms with E-state index in [0.29, 0.717) is 11.3 Å². The first-order chi connectivity index (χ1) is 9.13. The quantitative estimate of drug-likeness (QED) is 0.886. The van der Waals surface area contributed by atoms with E-state index in [0.717, 1.165) is 11.3 Å². The monoisotopic (exact) mass is 251 g/mol. The van der Waals surface area contributed by atoms with Crippen molar-refractivity contribution in [3.63, 3.8) is 0 Å². The maximum Gasteiger partial charge on any atom is 0.141 e. The molecule has 0 atom stereocenters. The maximum absolute atomic E-state index is 13.2. The fourth-order valence-electron chi connectivity index (χ4n) is 1.72. The minimum absolute atomic E-state index is 0.00429. The lowest BCUT2D eigenvalue weighted by Crippen LogP contribution is -1.94. The molecule has 3 nitrogen and oxygen atoms in total. The molecule has 0 aliphatic heterocycles. The van der Waals surface area contributed by atoms with Gasteiger partial charge in [0.05, 0.1) is 17.2 Å². The SMILES string of the molecule is Cc1cc(Nc2ccc(F)c(C#N)c2)ccc1C#N. The van der Waals surface area contributed by atoms with Crippen LogP contribution in [0, 0.1) is 35.4 Å². The predicted octanol–water partition coefficient (Wildman–Crippen LogP) is 3.62. The molecule has 2 rings (SSSR count). The molecule has 0 amide bonds. The summed E-state index contributed by atoms with van der Waals surface area (Å²) in [5.74, 6) is -0.538. The Balaban J connectivity index is 2.30. The zero-order chi connectivity index (χ0) is 13.8. The lowest BCUT2D eigenvalue weighted by molar-refractivity contribution is 0.624. The van der Waals surface area contributed by atoms with Crippen LogP contribution in [0.4, 0.5) is 15.8 Å². The van der Waals surface area contributed by atoms with Crippen LogP contribution in [0.1, 0.15) is 16.7 Å². The van der Waals surface area contributed by atoms with Gasteiger partial charge in [0.2, 0.25) is 0 Å². The van der Waals surface area contributed by atoms with E-state index in [1.54, 1.807) is 24.3 Å². The molecule has 0 aliphatic carbocycles. The van der Waals surface area contributed by atoms with E-state index in [4.69, 9.17) is 10.5 Å². The molecule has 19 heavy (non-hydrogen) atoms. The van der Waals surface area contributed by atoms with Crippen LogP contribution in [0.5, 0.6) is 0 Å². The first-order valence-corrected chi connectivity index (χ1v) is 5.61. The smallest absolute Gasteiger partial charge is 0.141 e. The summed E-state index contributed by atoms with van der Waals surface area (Å²) in [5, 5.41) is 20.7. The average Bonchev–Trinajstić information content (AvgIpc) is 2.41. The predicted molar refractivity (Wildman–Crippen MR) is 70.3 cm³/mol. The van der Waals surface area contributed by atoms with Gasteiger partial charge < -0.3 is 5.32 Å². The van der Waals surface area contributed by atoms with E-state index in [1.807, 2.05) is 13.0 Å². The van der Waals surface area contributed by atoms with Gasteiger partial charge in [0, 0.05) is 11.4 Å². The number of hydrogen-bond acceptors (Lipinski definition) is 3. The van der Waals surface area contributed by atoms with Crippen molar-refractivity contribution in [3.8, 4) is 12.1 Å². The highest BCUT2D eigenvalue weighted by Crippen LogP contribution is 2.21. The van der Waals surface area contributed by atoms with Crippen LogP contribution < -0.4 is 5.32 Å². The highest BCUT2D eigenvalue weighted by molar-refractivity contribution is 5.63. The number of aryl methyl sites for hydroxylation is 1. The molecule has 0 radical (unpaired) electrons. The third-order valence-electron chi connectivity index (χ3n) is 2.72. The number of anilines is 2. The normalized spacial score (nSPS) is 9.47. The molecule has 0 heterocycles. The number of hydrogen-bond donors (Lipinski definition) is 1. The van der Waals surface area contributed by atoms with Crippen LogP contribution >= 0.6 is 0 Å². The van der Waals surface area contributed by atoms with Gasteiger partial charge in [-0.3, -0.25) is 0 Å². The van der Waals surface area contributed by atoms with Crippen molar-refractivity contribution in [1.82, 2.24) is 0 Å². The molecule has 0 unspecified atom stereocenters. The Hall–Kier alpha value is -2.85. The number of rotatable bonds is 2. The van der Waals surface area contributed by atoms with Gasteiger partial charge in [-0.2, -0.15) is 10.5 Å². The van der Waals surface area contributed by atoms with Gasteiger partial charge in [-0.15, -0.1) is 0 Å². The Labute approximate surface area is 110 Å². The summed E-state index contributed by atoms with van der Waals surface area (Å²) in [4.78, 5) is 0. The summed E-state index contributed by atoms with van der Waals surface area (Å²) < 4.78 is 13.2. The molecule has 2 aromatic carbocycles. The van der Waals surface area contributed by atoms with Crippen LogP contribution in [-0.4, -0.2) is 0 Å². The molecule has 0 fully saturated rings. The number of nitriles is 2. The van der Waals surface area contributed by atoms with Gasteiger partial charge in [0.1, 0.15) is 11.9 Å². The van der Waals surface area contributed by atoms with Crippen molar-refractivity contribution in [3.05, 3.63) is 58.9 Å². The van der Waals surface area contributed by atoms with Crippen molar-refractivity contribution in [2.75, 3.05) is 5.32 Å². The first kappa shape index (κ1) is 12.6. The summed E-state index contributed by atoms with van der Waals surface area (Å²) in [6, 6.07) is 13.4. The molecule has 0 aromatic heterocycles. The number of benzene rings is 2. The van der Waals surface area contributed by atoms with Crippen LogP contribution in [0.25, 0.3) is 0 Å². The van der Waals surface area contributed by atoms with Crippen LogP contribution in [0.15, 0.2) is 36.4 Å². The van der Waals surface area contributed by atoms with Crippen molar-refractivity contribution in [2.45, 2.75) is 6.92 Å². The standard InChI is InChI=1S/C15H10FN3/c1-10-6-13(3-2-11(10)8-17)19-14-4-5-15(16)12(7-14)9-18/h2-7,19H,1H3. The van der Waals surface area contributed by atoms with Gasteiger partial charge in [-0.25, -0.2) is 4.39 Å². The number of nitrogens with zero attached hydrogens (tertiary/aromatic N) is 2. The second-order valence-corrected chi connectivity index (χ2v) is 4.07. The Kier molecular flexibility index (Phi) is 3.45. The number of halogens is 1. The topological polar surface area (TPSA) is 59.6 Å². The largest absolute Gasteiger partial charge is 0.355 e. The lowest BCUT2D eigenvalue weighted by atomic mass is 10.1. The fraction of sp³-hybridized carbons (Fsp3) is 0.0667. The van der Waals surface area contributed by atoms with E-state index >= 15 is 0 Å². The van der Waals surface area contributed by atoms with Gasteiger partial charge in [-0.05, 0) is 48.9 Å². The van der Waals surface area contributed by atoms with E-state index in [9.17, 15) is 4.39 Å². The Morgan fingerprint density at radius 2 is 1.58 bits per heavy atom. The minimum atomic E-state index is -0.538. The molecule has 0 saturated carbocycles. The molecule has 92 valence electrons. The summed E-state index contributed by atoms with van der Waals surface area (Å²) in [6.07, 6.45) is 0. The average molecular weight is 251 g/mol. The summed E-state index contributed by atoms with van der Waals surface area (Å²) in [5.41, 5.74) is 2.88. The van der Waals surface area contributed by atoms with Crippen LogP contribution in [0.3, 0.4) is 0 Å². The zero-order valence-corrected chi connectivity index (χ0v) is 10.2. The molecule has 0 spiro atoms. The van der Waals surface area contributed by atoms with Gasteiger partial charge in [0.15, 0.2) is 0 Å². The highest BCUT2D eigenvalue weighted by atomic mass is 19.1. The van der Waals surface area contributed by atoms with Crippen LogP contribution in [0.2, 0.25) is 0 Å². The molecule has 0 bridgehead atoms. The molecule has 2 aromatic rings. The third-order valence-corrected chi connectivity index (χ3v) is 2.72. The highest BCUT2D eigenvalue weighted by Gasteiger charge is 2.04. The van der Waals surface area contributed by atoms with E-state index in [1.165, 1.54) is 12.1 Å². The third kappa shape index (κ3) is 2.70. The molecule has 0 saturated heterocycles. The Bertz CT molecular complexity index is 708. The minimum Gasteiger partial charge on any atom is -0.355 e. The molecule has 1 N–H and O–H groups in total. The first-order valence-electron chi connectivity index (χ1n) is 5.61. The zero-order valence-electron chi connectivity index (χ0n) is 10.2. The molecule has 4 heteroatoms. The molecule has 0 aliphatic rings. The molecular formula is C15H10FN3. The lowest BCUT2D eigenvalue weighted by Gasteiger charge is -2.08. The van der Waals surface area contributed by atoms with Crippen molar-refractivity contribution in [1.29, 1.82) is 10.5 Å². The summed E-state index contributed by atoms with van der Waals surface area (Å²) in [7, 11) is 0. The second kappa shape index (κ2) is 5.20. The molecular weight excluding hydrogens is 241 g/mol. The number of nitrogens with one attached hydrogen (secondary N) is 1. The van der Waals surface area contributed by atoms with Crippen molar-refractivity contribution >= 4 is 11.4 Å². The second-order valence-electron chi connectivity index (χ2n) is 4.07. The van der Waals surface area contributed by atoms with E-state index in [2.05, 4.69) is 11.4 Å². The fourth-order valence-corrected chi connectivity index (χ4v) is 1.72. The van der Waals surface area contributed by atoms with Gasteiger partial charge in [0.25, 0.3) is 0 Å². The Morgan fingerprint density at radius 3 is 2.21 bits per heavy atom. The van der Waals surface area contributed by atoms with E-state index in [-0.39, 0.29) is 5.56 Å².